The normalized spacial score (nSPS) is 13.1. The summed E-state index contributed by atoms with van der Waals surface area (Å²) in [6.45, 7) is 2.92. The molecule has 1 N–H and O–H groups in total. The van der Waals surface area contributed by atoms with Gasteiger partial charge >= 0.3 is 12.0 Å². The zero-order valence-corrected chi connectivity index (χ0v) is 18.5. The second kappa shape index (κ2) is 8.08. The van der Waals surface area contributed by atoms with Crippen molar-refractivity contribution in [2.75, 3.05) is 19.0 Å². The number of nitrogens with zero attached hydrogens (tertiary/aromatic N) is 4. The maximum Gasteiger partial charge on any atom is 0.339 e. The van der Waals surface area contributed by atoms with Crippen molar-refractivity contribution < 1.29 is 14.3 Å². The third-order valence-electron chi connectivity index (χ3n) is 5.46. The van der Waals surface area contributed by atoms with Crippen LogP contribution in [0, 0.1) is 6.92 Å². The van der Waals surface area contributed by atoms with Crippen molar-refractivity contribution in [3.8, 4) is 11.4 Å². The zero-order chi connectivity index (χ0) is 22.2. The fraction of sp³-hybridized carbons (Fsp3) is 0.217. The summed E-state index contributed by atoms with van der Waals surface area (Å²) in [6, 6.07) is 14.9. The molecule has 0 unspecified atom stereocenters. The van der Waals surface area contributed by atoms with E-state index in [9.17, 15) is 9.59 Å². The van der Waals surface area contributed by atoms with Crippen molar-refractivity contribution in [1.29, 1.82) is 0 Å². The number of aromatic nitrogens is 3. The average Bonchev–Trinajstić information content (AvgIpc) is 3.37. The minimum Gasteiger partial charge on any atom is -0.465 e. The van der Waals surface area contributed by atoms with E-state index in [0.717, 1.165) is 26.7 Å². The van der Waals surface area contributed by atoms with Crippen LogP contribution < -0.4 is 5.32 Å². The van der Waals surface area contributed by atoms with E-state index >= 15 is 0 Å². The molecule has 2 aromatic carbocycles. The number of rotatable bonds is 3. The van der Waals surface area contributed by atoms with Gasteiger partial charge in [0.2, 0.25) is 4.96 Å². The number of ether oxygens (including phenoxy) is 1. The first-order valence-corrected chi connectivity index (χ1v) is 11.0. The molecular weight excluding hydrogens is 426 g/mol. The number of urea groups is 1. The van der Waals surface area contributed by atoms with Gasteiger partial charge in [0.25, 0.3) is 0 Å². The van der Waals surface area contributed by atoms with E-state index in [4.69, 9.17) is 4.74 Å². The maximum atomic E-state index is 13.0. The van der Waals surface area contributed by atoms with Crippen LogP contribution in [0.4, 0.5) is 10.5 Å². The average molecular weight is 448 g/mol. The molecule has 0 fully saturated rings. The minimum atomic E-state index is -0.485. The van der Waals surface area contributed by atoms with Crippen LogP contribution in [0.15, 0.2) is 48.5 Å². The Morgan fingerprint density at radius 1 is 1.16 bits per heavy atom. The van der Waals surface area contributed by atoms with Crippen LogP contribution in [0.2, 0.25) is 0 Å². The largest absolute Gasteiger partial charge is 0.465 e. The smallest absolute Gasteiger partial charge is 0.339 e. The molecule has 3 heterocycles. The van der Waals surface area contributed by atoms with Crippen molar-refractivity contribution in [3.63, 3.8) is 0 Å². The number of nitrogens with one attached hydrogen (secondary N) is 1. The Bertz CT molecular complexity index is 1330. The lowest BCUT2D eigenvalue weighted by molar-refractivity contribution is 0.0602. The highest BCUT2D eigenvalue weighted by atomic mass is 32.1. The standard InChI is InChI=1S/C23H21N5O3S/c1-14-8-9-16(21(29)31-2)17(12-14)24-22(30)27-11-10-18-19(13-27)32-23-25-20(26-28(18)23)15-6-4-3-5-7-15/h3-9,12H,10-11,13H2,1-2H3,(H,24,30). The monoisotopic (exact) mass is 447 g/mol. The quantitative estimate of drug-likeness (QED) is 0.477. The van der Waals surface area contributed by atoms with Crippen molar-refractivity contribution in [2.45, 2.75) is 19.9 Å². The topological polar surface area (TPSA) is 88.8 Å². The number of carbonyl (C=O) groups is 2. The minimum absolute atomic E-state index is 0.254. The fourth-order valence-corrected chi connectivity index (χ4v) is 4.93. The molecule has 2 amide bonds. The second-order valence-corrected chi connectivity index (χ2v) is 8.67. The summed E-state index contributed by atoms with van der Waals surface area (Å²) in [4.78, 5) is 33.3. The van der Waals surface area contributed by atoms with E-state index < -0.39 is 5.97 Å². The first-order chi connectivity index (χ1) is 15.5. The van der Waals surface area contributed by atoms with Gasteiger partial charge in [0, 0.05) is 23.4 Å². The highest BCUT2D eigenvalue weighted by Crippen LogP contribution is 2.30. The molecule has 162 valence electrons. The van der Waals surface area contributed by atoms with Crippen LogP contribution in [-0.4, -0.2) is 45.2 Å². The summed E-state index contributed by atoms with van der Waals surface area (Å²) in [5, 5.41) is 7.57. The van der Waals surface area contributed by atoms with E-state index in [-0.39, 0.29) is 6.03 Å². The van der Waals surface area contributed by atoms with E-state index in [1.807, 2.05) is 47.8 Å². The molecular formula is C23H21N5O3S. The van der Waals surface area contributed by atoms with E-state index in [1.165, 1.54) is 7.11 Å². The number of thiazole rings is 1. The Morgan fingerprint density at radius 3 is 2.75 bits per heavy atom. The summed E-state index contributed by atoms with van der Waals surface area (Å²) in [5.41, 5.74) is 3.79. The molecule has 0 aliphatic carbocycles. The van der Waals surface area contributed by atoms with Crippen LogP contribution in [0.1, 0.15) is 26.5 Å². The summed E-state index contributed by atoms with van der Waals surface area (Å²) < 4.78 is 6.73. The van der Waals surface area contributed by atoms with Gasteiger partial charge in [-0.05, 0) is 24.6 Å². The number of anilines is 1. The van der Waals surface area contributed by atoms with E-state index in [1.54, 1.807) is 28.4 Å². The Labute approximate surface area is 188 Å². The second-order valence-electron chi connectivity index (χ2n) is 7.61. The number of methoxy groups -OCH3 is 1. The summed E-state index contributed by atoms with van der Waals surface area (Å²) in [5.74, 6) is 0.218. The van der Waals surface area contributed by atoms with Crippen LogP contribution >= 0.6 is 11.3 Å². The lowest BCUT2D eigenvalue weighted by Gasteiger charge is -2.27. The number of hydrogen-bond donors (Lipinski definition) is 1. The Hall–Kier alpha value is -3.72. The SMILES string of the molecule is COC(=O)c1ccc(C)cc1NC(=O)N1CCc2c(sc3nc(-c4ccccc4)nn23)C1. The van der Waals surface area contributed by atoms with Gasteiger partial charge in [-0.25, -0.2) is 14.1 Å². The van der Waals surface area contributed by atoms with E-state index in [2.05, 4.69) is 15.4 Å². The van der Waals surface area contributed by atoms with Crippen LogP contribution in [0.5, 0.6) is 0 Å². The Balaban J connectivity index is 1.36. The van der Waals surface area contributed by atoms with Gasteiger partial charge in [0.1, 0.15) is 0 Å². The first kappa shape index (κ1) is 20.2. The molecule has 9 heteroatoms. The molecule has 4 aromatic rings. The van der Waals surface area contributed by atoms with Gasteiger partial charge in [-0.3, -0.25) is 0 Å². The summed E-state index contributed by atoms with van der Waals surface area (Å²) >= 11 is 1.55. The molecule has 0 saturated carbocycles. The molecule has 1 aliphatic heterocycles. The number of benzene rings is 2. The molecule has 0 saturated heterocycles. The van der Waals surface area contributed by atoms with Crippen molar-refractivity contribution in [2.24, 2.45) is 0 Å². The molecule has 2 aromatic heterocycles. The molecule has 0 spiro atoms. The van der Waals surface area contributed by atoms with Crippen LogP contribution in [-0.2, 0) is 17.7 Å². The highest BCUT2D eigenvalue weighted by molar-refractivity contribution is 7.17. The van der Waals surface area contributed by atoms with Gasteiger partial charge in [-0.2, -0.15) is 4.98 Å². The number of hydrogen-bond acceptors (Lipinski definition) is 6. The Kier molecular flexibility index (Phi) is 5.10. The van der Waals surface area contributed by atoms with Gasteiger partial charge in [-0.1, -0.05) is 47.7 Å². The zero-order valence-electron chi connectivity index (χ0n) is 17.7. The van der Waals surface area contributed by atoms with Crippen molar-refractivity contribution in [3.05, 3.63) is 70.2 Å². The van der Waals surface area contributed by atoms with Crippen molar-refractivity contribution >= 4 is 34.0 Å². The molecule has 8 nitrogen and oxygen atoms in total. The van der Waals surface area contributed by atoms with Crippen LogP contribution in [0.3, 0.4) is 0 Å². The predicted octanol–water partition coefficient (Wildman–Crippen LogP) is 4.14. The predicted molar refractivity (Wildman–Crippen MR) is 122 cm³/mol. The molecule has 32 heavy (non-hydrogen) atoms. The first-order valence-electron chi connectivity index (χ1n) is 10.2. The number of amides is 2. The van der Waals surface area contributed by atoms with Gasteiger partial charge in [0.15, 0.2) is 5.82 Å². The number of carbonyl (C=O) groups excluding carboxylic acids is 2. The van der Waals surface area contributed by atoms with Gasteiger partial charge in [-0.15, -0.1) is 5.10 Å². The molecule has 1 aliphatic rings. The lowest BCUT2D eigenvalue weighted by atomic mass is 10.1. The summed E-state index contributed by atoms with van der Waals surface area (Å²) in [7, 11) is 1.32. The van der Waals surface area contributed by atoms with Crippen LogP contribution in [0.25, 0.3) is 16.3 Å². The molecule has 0 radical (unpaired) electrons. The maximum absolute atomic E-state index is 13.0. The number of fused-ring (bicyclic) bond motifs is 3. The number of esters is 1. The highest BCUT2D eigenvalue weighted by Gasteiger charge is 2.27. The van der Waals surface area contributed by atoms with Crippen molar-refractivity contribution in [1.82, 2.24) is 19.5 Å². The lowest BCUT2D eigenvalue weighted by Crippen LogP contribution is -2.39. The van der Waals surface area contributed by atoms with Gasteiger partial charge in [0.05, 0.1) is 30.6 Å². The van der Waals surface area contributed by atoms with Gasteiger partial charge < -0.3 is 15.0 Å². The van der Waals surface area contributed by atoms with E-state index in [0.29, 0.717) is 36.6 Å². The summed E-state index contributed by atoms with van der Waals surface area (Å²) in [6.07, 6.45) is 0.679. The Morgan fingerprint density at radius 2 is 1.97 bits per heavy atom. The molecule has 5 rings (SSSR count). The number of aryl methyl sites for hydroxylation is 1. The molecule has 0 atom stereocenters. The molecule has 0 bridgehead atoms. The third kappa shape index (κ3) is 3.60. The third-order valence-corrected chi connectivity index (χ3v) is 6.52. The fourth-order valence-electron chi connectivity index (χ4n) is 3.82.